The first kappa shape index (κ1) is 13.2. The van der Waals surface area contributed by atoms with Crippen LogP contribution in [0, 0.1) is 5.92 Å². The number of benzene rings is 1. The van der Waals surface area contributed by atoms with Crippen LogP contribution in [0.2, 0.25) is 0 Å². The fourth-order valence-corrected chi connectivity index (χ4v) is 3.26. The van der Waals surface area contributed by atoms with E-state index in [-0.39, 0.29) is 11.5 Å². The van der Waals surface area contributed by atoms with Crippen LogP contribution in [0.1, 0.15) is 24.3 Å². The Morgan fingerprint density at radius 1 is 1.53 bits per heavy atom. The molecule has 3 atom stereocenters. The minimum atomic E-state index is -0.00490. The molecule has 0 aliphatic carbocycles. The molecule has 0 N–H and O–H groups in total. The molecular formula is C13H16BrClO2. The maximum absolute atomic E-state index is 6.53. The molecule has 0 saturated carbocycles. The topological polar surface area (TPSA) is 18.5 Å². The fourth-order valence-electron chi connectivity index (χ4n) is 2.23. The van der Waals surface area contributed by atoms with E-state index in [0.29, 0.717) is 5.92 Å². The summed E-state index contributed by atoms with van der Waals surface area (Å²) in [6.07, 6.45) is 1.26. The zero-order valence-corrected chi connectivity index (χ0v) is 12.3. The van der Waals surface area contributed by atoms with Gasteiger partial charge in [0.1, 0.15) is 5.75 Å². The minimum absolute atomic E-state index is 0.00490. The Kier molecular flexibility index (Phi) is 4.34. The molecule has 0 aromatic heterocycles. The van der Waals surface area contributed by atoms with Crippen LogP contribution in [0.15, 0.2) is 22.7 Å². The van der Waals surface area contributed by atoms with Crippen molar-refractivity contribution in [1.82, 2.24) is 0 Å². The first-order chi connectivity index (χ1) is 8.13. The number of halogens is 2. The maximum atomic E-state index is 6.53. The van der Waals surface area contributed by atoms with Crippen LogP contribution in [-0.2, 0) is 4.74 Å². The second-order valence-corrected chi connectivity index (χ2v) is 5.65. The third-order valence-corrected chi connectivity index (χ3v) is 4.50. The molecule has 0 spiro atoms. The third-order valence-electron chi connectivity index (χ3n) is 3.31. The molecule has 94 valence electrons. The van der Waals surface area contributed by atoms with Crippen molar-refractivity contribution in [3.63, 3.8) is 0 Å². The van der Waals surface area contributed by atoms with E-state index in [2.05, 4.69) is 22.9 Å². The predicted molar refractivity (Wildman–Crippen MR) is 72.8 cm³/mol. The first-order valence-corrected chi connectivity index (χ1v) is 6.95. The molecule has 1 saturated heterocycles. The van der Waals surface area contributed by atoms with Crippen LogP contribution in [0.25, 0.3) is 0 Å². The van der Waals surface area contributed by atoms with Crippen molar-refractivity contribution in [3.8, 4) is 5.75 Å². The summed E-state index contributed by atoms with van der Waals surface area (Å²) in [4.78, 5) is 0. The molecule has 4 heteroatoms. The maximum Gasteiger partial charge on any atom is 0.133 e. The molecule has 0 amide bonds. The SMILES string of the molecule is COc1ccc(C(Cl)C2CCOC2C)cc1Br. The number of alkyl halides is 1. The van der Waals surface area contributed by atoms with E-state index in [1.165, 1.54) is 0 Å². The molecule has 1 aromatic carbocycles. The Morgan fingerprint density at radius 3 is 2.82 bits per heavy atom. The van der Waals surface area contributed by atoms with E-state index in [1.807, 2.05) is 18.2 Å². The molecule has 1 heterocycles. The fraction of sp³-hybridized carbons (Fsp3) is 0.538. The summed E-state index contributed by atoms with van der Waals surface area (Å²) in [5.41, 5.74) is 1.11. The van der Waals surface area contributed by atoms with E-state index in [0.717, 1.165) is 28.8 Å². The Labute approximate surface area is 115 Å². The third kappa shape index (κ3) is 2.78. The Morgan fingerprint density at radius 2 is 2.29 bits per heavy atom. The predicted octanol–water partition coefficient (Wildman–Crippen LogP) is 4.16. The smallest absolute Gasteiger partial charge is 0.133 e. The molecule has 0 radical (unpaired) electrons. The number of rotatable bonds is 3. The van der Waals surface area contributed by atoms with Gasteiger partial charge in [-0.1, -0.05) is 6.07 Å². The molecule has 1 aliphatic heterocycles. The van der Waals surface area contributed by atoms with Crippen LogP contribution in [0.3, 0.4) is 0 Å². The molecule has 2 rings (SSSR count). The second kappa shape index (κ2) is 5.59. The summed E-state index contributed by atoms with van der Waals surface area (Å²) in [6.45, 7) is 2.90. The van der Waals surface area contributed by atoms with Crippen LogP contribution in [0.4, 0.5) is 0 Å². The van der Waals surface area contributed by atoms with Crippen LogP contribution < -0.4 is 4.74 Å². The van der Waals surface area contributed by atoms with Crippen LogP contribution in [-0.4, -0.2) is 19.8 Å². The normalized spacial score (nSPS) is 25.9. The van der Waals surface area contributed by atoms with Gasteiger partial charge in [-0.2, -0.15) is 0 Å². The summed E-state index contributed by atoms with van der Waals surface area (Å²) in [7, 11) is 1.66. The van der Waals surface area contributed by atoms with Gasteiger partial charge in [0, 0.05) is 12.5 Å². The van der Waals surface area contributed by atoms with Gasteiger partial charge in [-0.3, -0.25) is 0 Å². The molecule has 3 unspecified atom stereocenters. The van der Waals surface area contributed by atoms with Gasteiger partial charge >= 0.3 is 0 Å². The lowest BCUT2D eigenvalue weighted by molar-refractivity contribution is 0.105. The number of ether oxygens (including phenoxy) is 2. The highest BCUT2D eigenvalue weighted by Crippen LogP contribution is 2.39. The van der Waals surface area contributed by atoms with Gasteiger partial charge in [0.15, 0.2) is 0 Å². The molecule has 1 aliphatic rings. The molecular weight excluding hydrogens is 303 g/mol. The van der Waals surface area contributed by atoms with Gasteiger partial charge in [0.25, 0.3) is 0 Å². The Balaban J connectivity index is 2.19. The highest BCUT2D eigenvalue weighted by Gasteiger charge is 2.31. The molecule has 1 aromatic rings. The average Bonchev–Trinajstić information content (AvgIpc) is 2.74. The lowest BCUT2D eigenvalue weighted by atomic mass is 9.93. The van der Waals surface area contributed by atoms with Crippen molar-refractivity contribution in [2.75, 3.05) is 13.7 Å². The van der Waals surface area contributed by atoms with E-state index in [9.17, 15) is 0 Å². The van der Waals surface area contributed by atoms with Crippen molar-refractivity contribution in [2.24, 2.45) is 5.92 Å². The second-order valence-electron chi connectivity index (χ2n) is 4.32. The van der Waals surface area contributed by atoms with E-state index in [4.69, 9.17) is 21.1 Å². The lowest BCUT2D eigenvalue weighted by Gasteiger charge is -2.21. The largest absolute Gasteiger partial charge is 0.496 e. The molecule has 0 bridgehead atoms. The van der Waals surface area contributed by atoms with Crippen molar-refractivity contribution >= 4 is 27.5 Å². The van der Waals surface area contributed by atoms with Crippen molar-refractivity contribution in [3.05, 3.63) is 28.2 Å². The highest BCUT2D eigenvalue weighted by molar-refractivity contribution is 9.10. The minimum Gasteiger partial charge on any atom is -0.496 e. The summed E-state index contributed by atoms with van der Waals surface area (Å²) >= 11 is 10.0. The van der Waals surface area contributed by atoms with Crippen molar-refractivity contribution in [2.45, 2.75) is 24.8 Å². The van der Waals surface area contributed by atoms with Gasteiger partial charge in [0.2, 0.25) is 0 Å². The summed E-state index contributed by atoms with van der Waals surface area (Å²) in [5.74, 6) is 1.21. The molecule has 1 fully saturated rings. The van der Waals surface area contributed by atoms with Crippen molar-refractivity contribution in [1.29, 1.82) is 0 Å². The lowest BCUT2D eigenvalue weighted by Crippen LogP contribution is -2.16. The van der Waals surface area contributed by atoms with E-state index in [1.54, 1.807) is 7.11 Å². The number of methoxy groups -OCH3 is 1. The molecule has 17 heavy (non-hydrogen) atoms. The van der Waals surface area contributed by atoms with Gasteiger partial charge in [-0.15, -0.1) is 11.6 Å². The average molecular weight is 320 g/mol. The molecule has 2 nitrogen and oxygen atoms in total. The summed E-state index contributed by atoms with van der Waals surface area (Å²) in [5, 5.41) is -0.00490. The number of hydrogen-bond donors (Lipinski definition) is 0. The van der Waals surface area contributed by atoms with Gasteiger partial charge in [-0.25, -0.2) is 0 Å². The Hall–Kier alpha value is -0.250. The number of hydrogen-bond acceptors (Lipinski definition) is 2. The van der Waals surface area contributed by atoms with Crippen molar-refractivity contribution < 1.29 is 9.47 Å². The van der Waals surface area contributed by atoms with Crippen LogP contribution >= 0.6 is 27.5 Å². The van der Waals surface area contributed by atoms with E-state index >= 15 is 0 Å². The van der Waals surface area contributed by atoms with Gasteiger partial charge < -0.3 is 9.47 Å². The van der Waals surface area contributed by atoms with Crippen LogP contribution in [0.5, 0.6) is 5.75 Å². The first-order valence-electron chi connectivity index (χ1n) is 5.72. The van der Waals surface area contributed by atoms with Gasteiger partial charge in [-0.05, 0) is 47.0 Å². The zero-order chi connectivity index (χ0) is 12.4. The summed E-state index contributed by atoms with van der Waals surface area (Å²) in [6, 6.07) is 5.99. The highest BCUT2D eigenvalue weighted by atomic mass is 79.9. The Bertz CT molecular complexity index is 397. The monoisotopic (exact) mass is 318 g/mol. The van der Waals surface area contributed by atoms with E-state index < -0.39 is 0 Å². The standard InChI is InChI=1S/C13H16BrClO2/c1-8-10(5-6-17-8)13(15)9-3-4-12(16-2)11(14)7-9/h3-4,7-8,10,13H,5-6H2,1-2H3. The summed E-state index contributed by atoms with van der Waals surface area (Å²) < 4.78 is 11.7. The quantitative estimate of drug-likeness (QED) is 0.779. The van der Waals surface area contributed by atoms with Gasteiger partial charge in [0.05, 0.1) is 23.1 Å². The zero-order valence-electron chi connectivity index (χ0n) is 9.95.